The Hall–Kier alpha value is -4.11. The molecule has 0 fully saturated rings. The summed E-state index contributed by atoms with van der Waals surface area (Å²) in [5.41, 5.74) is 12.1. The van der Waals surface area contributed by atoms with Crippen molar-refractivity contribution in [2.75, 3.05) is 0 Å². The first-order valence-electron chi connectivity index (χ1n) is 14.4. The van der Waals surface area contributed by atoms with Crippen molar-refractivity contribution in [3.05, 3.63) is 114 Å². The molecule has 1 aliphatic rings. The fourth-order valence-electron chi connectivity index (χ4n) is 6.66. The minimum atomic E-state index is 0.444. The Morgan fingerprint density at radius 1 is 0.744 bits per heavy atom. The molecule has 39 heavy (non-hydrogen) atoms. The van der Waals surface area contributed by atoms with Crippen molar-refractivity contribution in [2.24, 2.45) is 0 Å². The lowest BCUT2D eigenvalue weighted by Crippen LogP contribution is -2.34. The highest BCUT2D eigenvalue weighted by Gasteiger charge is 2.36. The summed E-state index contributed by atoms with van der Waals surface area (Å²) in [5, 5.41) is 2.62. The predicted molar refractivity (Wildman–Crippen MR) is 162 cm³/mol. The summed E-state index contributed by atoms with van der Waals surface area (Å²) in [6.45, 7) is 12.5. The molecule has 0 bridgehead atoms. The monoisotopic (exact) mass is 510 g/mol. The number of nitrogens with zero attached hydrogens (tertiary/aromatic N) is 3. The smallest absolute Gasteiger partial charge is 0.295 e. The van der Waals surface area contributed by atoms with Gasteiger partial charge in [-0.3, -0.25) is 0 Å². The van der Waals surface area contributed by atoms with E-state index in [-0.39, 0.29) is 0 Å². The van der Waals surface area contributed by atoms with Crippen molar-refractivity contribution in [2.45, 2.75) is 59.4 Å². The van der Waals surface area contributed by atoms with Crippen LogP contribution in [0.1, 0.15) is 68.8 Å². The van der Waals surface area contributed by atoms with Crippen LogP contribution < -0.4 is 4.57 Å². The van der Waals surface area contributed by atoms with Crippen molar-refractivity contribution < 1.29 is 4.57 Å². The minimum Gasteiger partial charge on any atom is -0.309 e. The maximum absolute atomic E-state index is 2.56. The van der Waals surface area contributed by atoms with Crippen LogP contribution in [0.5, 0.6) is 0 Å². The largest absolute Gasteiger partial charge is 0.309 e. The normalized spacial score (nSPS) is 12.7. The first kappa shape index (κ1) is 24.0. The van der Waals surface area contributed by atoms with E-state index in [4.69, 9.17) is 0 Å². The van der Waals surface area contributed by atoms with Crippen molar-refractivity contribution in [3.8, 4) is 22.8 Å². The molecule has 1 aliphatic heterocycles. The van der Waals surface area contributed by atoms with Gasteiger partial charge in [0.1, 0.15) is 24.1 Å². The van der Waals surface area contributed by atoms with Gasteiger partial charge in [-0.15, -0.1) is 0 Å². The number of imidazole rings is 1. The van der Waals surface area contributed by atoms with E-state index in [0.717, 1.165) is 13.0 Å². The topological polar surface area (TPSA) is 13.7 Å². The maximum Gasteiger partial charge on any atom is 0.295 e. The molecule has 0 unspecified atom stereocenters. The van der Waals surface area contributed by atoms with E-state index < -0.39 is 0 Å². The van der Waals surface area contributed by atoms with E-state index in [0.29, 0.717) is 11.8 Å². The molecular weight excluding hydrogens is 474 g/mol. The molecule has 3 heterocycles. The molecule has 194 valence electrons. The second-order valence-corrected chi connectivity index (χ2v) is 11.6. The minimum absolute atomic E-state index is 0.444. The van der Waals surface area contributed by atoms with Gasteiger partial charge in [0.05, 0.1) is 16.6 Å². The van der Waals surface area contributed by atoms with E-state index in [1.807, 2.05) is 0 Å². The van der Waals surface area contributed by atoms with Gasteiger partial charge < -0.3 is 4.57 Å². The fraction of sp³-hybridized carbons (Fsp3) is 0.250. The summed E-state index contributed by atoms with van der Waals surface area (Å²) >= 11 is 0. The van der Waals surface area contributed by atoms with Gasteiger partial charge in [0, 0.05) is 39.6 Å². The van der Waals surface area contributed by atoms with E-state index in [1.165, 1.54) is 67.0 Å². The Morgan fingerprint density at radius 2 is 1.44 bits per heavy atom. The highest BCUT2D eigenvalue weighted by molar-refractivity contribution is 6.10. The van der Waals surface area contributed by atoms with Gasteiger partial charge in [-0.25, -0.2) is 4.57 Å². The molecule has 0 saturated heterocycles. The Bertz CT molecular complexity index is 1840. The number of rotatable bonds is 5. The molecule has 0 spiro atoms. The standard InChI is InChI=1S/C36H36N3/c1-6-26-22-38(35-28(23(2)3)16-12-17-29(35)24(4)5)36-31-20-32-30-15-10-11-18-33(30)39(27-13-8-7-9-14-27)34(32)19-25(31)21-37(26)36/h7-20,22-24H,6,21H2,1-5H3/q+1. The molecule has 0 radical (unpaired) electrons. The van der Waals surface area contributed by atoms with E-state index in [9.17, 15) is 0 Å². The zero-order valence-corrected chi connectivity index (χ0v) is 23.6. The lowest BCUT2D eigenvalue weighted by Gasteiger charge is -2.17. The van der Waals surface area contributed by atoms with Crippen LogP contribution in [0.2, 0.25) is 0 Å². The van der Waals surface area contributed by atoms with Crippen LogP contribution in [-0.2, 0) is 13.0 Å². The molecule has 0 saturated carbocycles. The van der Waals surface area contributed by atoms with Crippen LogP contribution >= 0.6 is 0 Å². The number of hydrogen-bond acceptors (Lipinski definition) is 0. The molecule has 4 aromatic carbocycles. The van der Waals surface area contributed by atoms with Crippen molar-refractivity contribution >= 4 is 21.8 Å². The van der Waals surface area contributed by atoms with Gasteiger partial charge in [-0.05, 0) is 42.2 Å². The van der Waals surface area contributed by atoms with Crippen molar-refractivity contribution in [1.82, 2.24) is 9.13 Å². The van der Waals surface area contributed by atoms with Crippen molar-refractivity contribution in [3.63, 3.8) is 0 Å². The van der Waals surface area contributed by atoms with Crippen molar-refractivity contribution in [1.29, 1.82) is 0 Å². The average Bonchev–Trinajstić information content (AvgIpc) is 3.60. The summed E-state index contributed by atoms with van der Waals surface area (Å²) in [6, 6.07) is 31.4. The lowest BCUT2D eigenvalue weighted by molar-refractivity contribution is -0.584. The highest BCUT2D eigenvalue weighted by Crippen LogP contribution is 2.41. The third-order valence-corrected chi connectivity index (χ3v) is 8.54. The quantitative estimate of drug-likeness (QED) is 0.206. The molecule has 2 aromatic heterocycles. The maximum atomic E-state index is 2.56. The second kappa shape index (κ2) is 8.98. The van der Waals surface area contributed by atoms with Crippen LogP contribution in [0.4, 0.5) is 0 Å². The Balaban J connectivity index is 1.55. The second-order valence-electron chi connectivity index (χ2n) is 11.6. The van der Waals surface area contributed by atoms with E-state index in [2.05, 4.69) is 139 Å². The van der Waals surface area contributed by atoms with Gasteiger partial charge in [-0.2, -0.15) is 4.57 Å². The van der Waals surface area contributed by atoms with Crippen LogP contribution in [0.15, 0.2) is 91.1 Å². The van der Waals surface area contributed by atoms with Gasteiger partial charge in [0.2, 0.25) is 0 Å². The summed E-state index contributed by atoms with van der Waals surface area (Å²) in [6.07, 6.45) is 3.41. The molecule has 0 atom stereocenters. The summed E-state index contributed by atoms with van der Waals surface area (Å²) in [7, 11) is 0. The van der Waals surface area contributed by atoms with Crippen LogP contribution in [0, 0.1) is 0 Å². The number of para-hydroxylation sites is 3. The van der Waals surface area contributed by atoms with Gasteiger partial charge >= 0.3 is 0 Å². The SMILES string of the molecule is CCc1c[n+](-c2c(C(C)C)cccc2C(C)C)c2n1Cc1cc3c(cc1-2)c1ccccc1n3-c1ccccc1. The number of benzene rings is 4. The molecule has 3 nitrogen and oxygen atoms in total. The number of aromatic nitrogens is 3. The van der Waals surface area contributed by atoms with Crippen LogP contribution in [-0.4, -0.2) is 9.13 Å². The Kier molecular flexibility index (Phi) is 5.52. The first-order chi connectivity index (χ1) is 19.0. The summed E-state index contributed by atoms with van der Waals surface area (Å²) in [4.78, 5) is 0. The molecule has 0 aliphatic carbocycles. The molecule has 3 heteroatoms. The highest BCUT2D eigenvalue weighted by atomic mass is 15.2. The van der Waals surface area contributed by atoms with E-state index in [1.54, 1.807) is 0 Å². The number of hydrogen-bond donors (Lipinski definition) is 0. The van der Waals surface area contributed by atoms with Crippen LogP contribution in [0.3, 0.4) is 0 Å². The molecule has 0 N–H and O–H groups in total. The number of aryl methyl sites for hydroxylation is 1. The third-order valence-electron chi connectivity index (χ3n) is 8.54. The average molecular weight is 511 g/mol. The number of fused-ring (bicyclic) bond motifs is 6. The van der Waals surface area contributed by atoms with Gasteiger partial charge in [0.25, 0.3) is 5.82 Å². The first-order valence-corrected chi connectivity index (χ1v) is 14.4. The fourth-order valence-corrected chi connectivity index (χ4v) is 6.66. The zero-order valence-electron chi connectivity index (χ0n) is 23.6. The molecule has 7 rings (SSSR count). The van der Waals surface area contributed by atoms with E-state index >= 15 is 0 Å². The molecular formula is C36H36N3+. The predicted octanol–water partition coefficient (Wildman–Crippen LogP) is 8.70. The Morgan fingerprint density at radius 3 is 2.13 bits per heavy atom. The summed E-state index contributed by atoms with van der Waals surface area (Å²) in [5.74, 6) is 2.20. The summed E-state index contributed by atoms with van der Waals surface area (Å²) < 4.78 is 7.51. The van der Waals surface area contributed by atoms with Gasteiger partial charge in [-0.1, -0.05) is 89.2 Å². The third kappa shape index (κ3) is 3.52. The van der Waals surface area contributed by atoms with Crippen LogP contribution in [0.25, 0.3) is 44.6 Å². The Labute approximate surface area is 231 Å². The lowest BCUT2D eigenvalue weighted by atomic mass is 9.92. The molecule has 6 aromatic rings. The zero-order chi connectivity index (χ0) is 26.8. The molecule has 0 amide bonds. The van der Waals surface area contributed by atoms with Gasteiger partial charge in [0.15, 0.2) is 0 Å².